The number of rotatable bonds is 3. The zero-order valence-electron chi connectivity index (χ0n) is 9.78. The SMILES string of the molecule is Cc1cccc(Oc2ccc(CO)cc2F)c1F. The van der Waals surface area contributed by atoms with Crippen molar-refractivity contribution >= 4 is 0 Å². The smallest absolute Gasteiger partial charge is 0.168 e. The highest BCUT2D eigenvalue weighted by Gasteiger charge is 2.10. The molecule has 2 rings (SSSR count). The lowest BCUT2D eigenvalue weighted by Gasteiger charge is -2.09. The number of aliphatic hydroxyl groups is 1. The van der Waals surface area contributed by atoms with Crippen LogP contribution in [0.25, 0.3) is 0 Å². The Hall–Kier alpha value is -1.94. The van der Waals surface area contributed by atoms with Crippen molar-refractivity contribution in [1.82, 2.24) is 0 Å². The van der Waals surface area contributed by atoms with Gasteiger partial charge in [-0.15, -0.1) is 0 Å². The van der Waals surface area contributed by atoms with Crippen molar-refractivity contribution in [3.05, 3.63) is 59.2 Å². The molecule has 0 fully saturated rings. The number of ether oxygens (including phenoxy) is 1. The molecule has 18 heavy (non-hydrogen) atoms. The predicted molar refractivity (Wildman–Crippen MR) is 63.5 cm³/mol. The van der Waals surface area contributed by atoms with Crippen LogP contribution in [0.4, 0.5) is 8.78 Å². The Kier molecular flexibility index (Phi) is 3.58. The van der Waals surface area contributed by atoms with Gasteiger partial charge in [-0.05, 0) is 36.2 Å². The minimum absolute atomic E-state index is 0.0225. The fourth-order valence-electron chi connectivity index (χ4n) is 1.54. The Bertz CT molecular complexity index is 568. The van der Waals surface area contributed by atoms with Crippen LogP contribution < -0.4 is 4.74 Å². The quantitative estimate of drug-likeness (QED) is 0.902. The molecule has 0 aliphatic rings. The second kappa shape index (κ2) is 5.14. The summed E-state index contributed by atoms with van der Waals surface area (Å²) in [6.45, 7) is 1.35. The van der Waals surface area contributed by atoms with Crippen molar-refractivity contribution in [2.45, 2.75) is 13.5 Å². The summed E-state index contributed by atoms with van der Waals surface area (Å²) in [5, 5.41) is 8.86. The Balaban J connectivity index is 2.31. The van der Waals surface area contributed by atoms with E-state index in [1.807, 2.05) is 0 Å². The maximum Gasteiger partial charge on any atom is 0.168 e. The van der Waals surface area contributed by atoms with E-state index >= 15 is 0 Å². The van der Waals surface area contributed by atoms with E-state index in [1.54, 1.807) is 19.1 Å². The van der Waals surface area contributed by atoms with E-state index in [2.05, 4.69) is 0 Å². The van der Waals surface area contributed by atoms with Gasteiger partial charge in [0.2, 0.25) is 0 Å². The molecule has 0 unspecified atom stereocenters. The van der Waals surface area contributed by atoms with Crippen LogP contribution >= 0.6 is 0 Å². The summed E-state index contributed by atoms with van der Waals surface area (Å²) in [6.07, 6.45) is 0. The first-order chi connectivity index (χ1) is 8.61. The third-order valence-corrected chi connectivity index (χ3v) is 2.56. The number of aliphatic hydroxyl groups excluding tert-OH is 1. The maximum absolute atomic E-state index is 13.7. The molecule has 2 aromatic carbocycles. The molecule has 0 atom stereocenters. The van der Waals surface area contributed by atoms with E-state index < -0.39 is 11.6 Å². The molecule has 2 aromatic rings. The van der Waals surface area contributed by atoms with Crippen molar-refractivity contribution in [1.29, 1.82) is 0 Å². The van der Waals surface area contributed by atoms with Gasteiger partial charge in [0.05, 0.1) is 6.61 Å². The molecule has 0 bridgehead atoms. The third-order valence-electron chi connectivity index (χ3n) is 2.56. The molecule has 94 valence electrons. The molecule has 1 N–H and O–H groups in total. The van der Waals surface area contributed by atoms with Crippen LogP contribution in [-0.4, -0.2) is 5.11 Å². The Morgan fingerprint density at radius 2 is 1.89 bits per heavy atom. The Morgan fingerprint density at radius 3 is 2.56 bits per heavy atom. The molecule has 0 saturated heterocycles. The van der Waals surface area contributed by atoms with Crippen molar-refractivity contribution in [2.75, 3.05) is 0 Å². The minimum atomic E-state index is -0.637. The van der Waals surface area contributed by atoms with E-state index in [-0.39, 0.29) is 18.1 Å². The molecule has 0 aliphatic carbocycles. The lowest BCUT2D eigenvalue weighted by atomic mass is 10.2. The molecule has 0 saturated carbocycles. The predicted octanol–water partition coefficient (Wildman–Crippen LogP) is 3.56. The molecule has 0 heterocycles. The third kappa shape index (κ3) is 2.49. The van der Waals surface area contributed by atoms with Crippen LogP contribution in [-0.2, 0) is 6.61 Å². The van der Waals surface area contributed by atoms with Gasteiger partial charge < -0.3 is 9.84 Å². The zero-order chi connectivity index (χ0) is 13.1. The van der Waals surface area contributed by atoms with Crippen LogP contribution in [0.3, 0.4) is 0 Å². The zero-order valence-corrected chi connectivity index (χ0v) is 9.78. The fourth-order valence-corrected chi connectivity index (χ4v) is 1.54. The van der Waals surface area contributed by atoms with Crippen molar-refractivity contribution < 1.29 is 18.6 Å². The van der Waals surface area contributed by atoms with E-state index in [4.69, 9.17) is 9.84 Å². The summed E-state index contributed by atoms with van der Waals surface area (Å²) < 4.78 is 32.5. The number of hydrogen-bond donors (Lipinski definition) is 1. The number of benzene rings is 2. The lowest BCUT2D eigenvalue weighted by Crippen LogP contribution is -1.94. The Morgan fingerprint density at radius 1 is 1.11 bits per heavy atom. The topological polar surface area (TPSA) is 29.5 Å². The highest BCUT2D eigenvalue weighted by atomic mass is 19.1. The molecule has 0 aromatic heterocycles. The molecule has 0 amide bonds. The first-order valence-electron chi connectivity index (χ1n) is 5.44. The molecule has 0 radical (unpaired) electrons. The van der Waals surface area contributed by atoms with Crippen LogP contribution in [0.15, 0.2) is 36.4 Å². The second-order valence-corrected chi connectivity index (χ2v) is 3.91. The van der Waals surface area contributed by atoms with Gasteiger partial charge in [0, 0.05) is 0 Å². The molecular formula is C14H12F2O2. The highest BCUT2D eigenvalue weighted by Crippen LogP contribution is 2.28. The average molecular weight is 250 g/mol. The standard InChI is InChI=1S/C14H12F2O2/c1-9-3-2-4-13(14(9)16)18-12-6-5-10(8-17)7-11(12)15/h2-7,17H,8H2,1H3. The average Bonchev–Trinajstić information content (AvgIpc) is 2.37. The highest BCUT2D eigenvalue weighted by molar-refractivity contribution is 5.37. The van der Waals surface area contributed by atoms with Crippen molar-refractivity contribution in [3.8, 4) is 11.5 Å². The van der Waals surface area contributed by atoms with Gasteiger partial charge >= 0.3 is 0 Å². The van der Waals surface area contributed by atoms with Gasteiger partial charge in [-0.25, -0.2) is 8.78 Å². The summed E-state index contributed by atoms with van der Waals surface area (Å²) in [5.74, 6) is -1.24. The molecule has 4 heteroatoms. The van der Waals surface area contributed by atoms with E-state index in [9.17, 15) is 8.78 Å². The van der Waals surface area contributed by atoms with Crippen LogP contribution in [0.2, 0.25) is 0 Å². The molecule has 0 spiro atoms. The molecule has 2 nitrogen and oxygen atoms in total. The van der Waals surface area contributed by atoms with Crippen LogP contribution in [0.5, 0.6) is 11.5 Å². The van der Waals surface area contributed by atoms with Gasteiger partial charge in [0.25, 0.3) is 0 Å². The van der Waals surface area contributed by atoms with Gasteiger partial charge in [-0.2, -0.15) is 0 Å². The summed E-state index contributed by atoms with van der Waals surface area (Å²) >= 11 is 0. The summed E-state index contributed by atoms with van der Waals surface area (Å²) in [5.41, 5.74) is 0.865. The first-order valence-corrected chi connectivity index (χ1v) is 5.44. The van der Waals surface area contributed by atoms with Crippen LogP contribution in [0, 0.1) is 18.6 Å². The lowest BCUT2D eigenvalue weighted by molar-refractivity contribution is 0.281. The monoisotopic (exact) mass is 250 g/mol. The molecular weight excluding hydrogens is 238 g/mol. The number of aryl methyl sites for hydroxylation is 1. The van der Waals surface area contributed by atoms with Crippen molar-refractivity contribution in [3.63, 3.8) is 0 Å². The van der Waals surface area contributed by atoms with E-state index in [0.717, 1.165) is 6.07 Å². The van der Waals surface area contributed by atoms with E-state index in [1.165, 1.54) is 18.2 Å². The van der Waals surface area contributed by atoms with Crippen molar-refractivity contribution in [2.24, 2.45) is 0 Å². The number of hydrogen-bond acceptors (Lipinski definition) is 2. The van der Waals surface area contributed by atoms with Gasteiger partial charge in [-0.3, -0.25) is 0 Å². The summed E-state index contributed by atoms with van der Waals surface area (Å²) in [6, 6.07) is 8.71. The first kappa shape index (κ1) is 12.5. The molecule has 0 aliphatic heterocycles. The van der Waals surface area contributed by atoms with Gasteiger partial charge in [0.1, 0.15) is 0 Å². The minimum Gasteiger partial charge on any atom is -0.451 e. The van der Waals surface area contributed by atoms with Gasteiger partial charge in [0.15, 0.2) is 23.1 Å². The largest absolute Gasteiger partial charge is 0.451 e. The normalized spacial score (nSPS) is 10.4. The number of halogens is 2. The second-order valence-electron chi connectivity index (χ2n) is 3.91. The summed E-state index contributed by atoms with van der Waals surface area (Å²) in [4.78, 5) is 0. The summed E-state index contributed by atoms with van der Waals surface area (Å²) in [7, 11) is 0. The fraction of sp³-hybridized carbons (Fsp3) is 0.143. The van der Waals surface area contributed by atoms with Crippen LogP contribution in [0.1, 0.15) is 11.1 Å². The van der Waals surface area contributed by atoms with Gasteiger partial charge in [-0.1, -0.05) is 18.2 Å². The maximum atomic E-state index is 13.7. The van der Waals surface area contributed by atoms with E-state index in [0.29, 0.717) is 11.1 Å². The Labute approximate surface area is 103 Å².